The molecule has 1 heterocycles. The Hall–Kier alpha value is -2.08. The van der Waals surface area contributed by atoms with Gasteiger partial charge in [0.05, 0.1) is 5.52 Å². The zero-order chi connectivity index (χ0) is 15.0. The molecule has 2 aromatic carbocycles. The van der Waals surface area contributed by atoms with Gasteiger partial charge in [0.15, 0.2) is 5.58 Å². The Kier molecular flexibility index (Phi) is 3.55. The average Bonchev–Trinajstić information content (AvgIpc) is 2.77. The lowest BCUT2D eigenvalue weighted by Crippen LogP contribution is -2.07. The Morgan fingerprint density at radius 1 is 1.29 bits per heavy atom. The molecule has 1 unspecified atom stereocenters. The van der Waals surface area contributed by atoms with Gasteiger partial charge in [-0.15, -0.1) is 0 Å². The maximum Gasteiger partial charge on any atom is 0.417 e. The average molecular weight is 351 g/mol. The monoisotopic (exact) mass is 350 g/mol. The van der Waals surface area contributed by atoms with Crippen LogP contribution in [0.1, 0.15) is 18.5 Å². The van der Waals surface area contributed by atoms with Gasteiger partial charge in [-0.2, -0.15) is 0 Å². The van der Waals surface area contributed by atoms with Crippen LogP contribution in [0.4, 0.5) is 10.1 Å². The fourth-order valence-electron chi connectivity index (χ4n) is 2.22. The molecule has 0 aliphatic heterocycles. The van der Waals surface area contributed by atoms with Crippen LogP contribution in [0, 0.1) is 5.82 Å². The largest absolute Gasteiger partial charge is 0.417 e. The zero-order valence-corrected chi connectivity index (χ0v) is 12.7. The van der Waals surface area contributed by atoms with Gasteiger partial charge in [0.2, 0.25) is 0 Å². The van der Waals surface area contributed by atoms with E-state index in [1.54, 1.807) is 18.2 Å². The molecule has 0 saturated carbocycles. The summed E-state index contributed by atoms with van der Waals surface area (Å²) in [6.45, 7) is 1.97. The van der Waals surface area contributed by atoms with Crippen LogP contribution >= 0.6 is 15.9 Å². The van der Waals surface area contributed by atoms with E-state index in [-0.39, 0.29) is 11.9 Å². The van der Waals surface area contributed by atoms with Crippen LogP contribution in [0.5, 0.6) is 0 Å². The minimum Gasteiger partial charge on any atom is -0.408 e. The van der Waals surface area contributed by atoms with Crippen molar-refractivity contribution in [2.45, 2.75) is 13.0 Å². The van der Waals surface area contributed by atoms with Gasteiger partial charge in [-0.3, -0.25) is 4.98 Å². The standard InChI is InChI=1S/C15H12BrFN2O2/c1-8(11-4-2-9(17)6-12(11)16)18-10-3-5-14-13(7-10)19-15(20)21-14/h2-8,18H,1H3,(H,19,20). The number of aromatic nitrogens is 1. The Morgan fingerprint density at radius 2 is 2.10 bits per heavy atom. The molecule has 1 aromatic heterocycles. The van der Waals surface area contributed by atoms with E-state index in [1.807, 2.05) is 13.0 Å². The lowest BCUT2D eigenvalue weighted by atomic mass is 10.1. The summed E-state index contributed by atoms with van der Waals surface area (Å²) < 4.78 is 18.8. The Labute approximate surface area is 128 Å². The van der Waals surface area contributed by atoms with E-state index in [0.717, 1.165) is 11.3 Å². The molecular formula is C15H12BrFN2O2. The van der Waals surface area contributed by atoms with E-state index in [4.69, 9.17) is 4.42 Å². The van der Waals surface area contributed by atoms with Gasteiger partial charge in [-0.25, -0.2) is 9.18 Å². The SMILES string of the molecule is CC(Nc1ccc2oc(=O)[nH]c2c1)c1ccc(F)cc1Br. The van der Waals surface area contributed by atoms with Crippen molar-refractivity contribution < 1.29 is 8.81 Å². The predicted octanol–water partition coefficient (Wildman–Crippen LogP) is 4.20. The molecule has 0 radical (unpaired) electrons. The van der Waals surface area contributed by atoms with Crippen molar-refractivity contribution in [1.29, 1.82) is 0 Å². The second-order valence-corrected chi connectivity index (χ2v) is 5.61. The Morgan fingerprint density at radius 3 is 2.86 bits per heavy atom. The second-order valence-electron chi connectivity index (χ2n) is 4.76. The molecule has 0 fully saturated rings. The van der Waals surface area contributed by atoms with Crippen molar-refractivity contribution in [2.24, 2.45) is 0 Å². The quantitative estimate of drug-likeness (QED) is 0.744. The van der Waals surface area contributed by atoms with E-state index < -0.39 is 5.76 Å². The van der Waals surface area contributed by atoms with Crippen molar-refractivity contribution >= 4 is 32.7 Å². The number of halogens is 2. The lowest BCUT2D eigenvalue weighted by Gasteiger charge is -2.17. The van der Waals surface area contributed by atoms with Crippen molar-refractivity contribution in [1.82, 2.24) is 4.98 Å². The van der Waals surface area contributed by atoms with Gasteiger partial charge < -0.3 is 9.73 Å². The summed E-state index contributed by atoms with van der Waals surface area (Å²) >= 11 is 3.36. The molecule has 0 amide bonds. The maximum atomic E-state index is 13.1. The third-order valence-corrected chi connectivity index (χ3v) is 3.92. The number of fused-ring (bicyclic) bond motifs is 1. The minimum absolute atomic E-state index is 0.0314. The first kappa shape index (κ1) is 13.9. The molecule has 108 valence electrons. The first-order chi connectivity index (χ1) is 10.0. The summed E-state index contributed by atoms with van der Waals surface area (Å²) in [5.74, 6) is -0.758. The normalized spacial score (nSPS) is 12.5. The first-order valence-electron chi connectivity index (χ1n) is 6.37. The number of nitrogens with one attached hydrogen (secondary N) is 2. The van der Waals surface area contributed by atoms with E-state index in [2.05, 4.69) is 26.2 Å². The summed E-state index contributed by atoms with van der Waals surface area (Å²) in [7, 11) is 0. The molecule has 21 heavy (non-hydrogen) atoms. The van der Waals surface area contributed by atoms with E-state index >= 15 is 0 Å². The molecule has 0 aliphatic rings. The maximum absolute atomic E-state index is 13.1. The number of rotatable bonds is 3. The minimum atomic E-state index is -0.475. The summed E-state index contributed by atoms with van der Waals surface area (Å²) in [6.07, 6.45) is 0. The summed E-state index contributed by atoms with van der Waals surface area (Å²) in [6, 6.07) is 9.91. The third-order valence-electron chi connectivity index (χ3n) is 3.23. The highest BCUT2D eigenvalue weighted by Gasteiger charge is 2.11. The smallest absolute Gasteiger partial charge is 0.408 e. The number of anilines is 1. The van der Waals surface area contributed by atoms with Crippen molar-refractivity contribution in [2.75, 3.05) is 5.32 Å². The topological polar surface area (TPSA) is 58.0 Å². The van der Waals surface area contributed by atoms with E-state index in [1.165, 1.54) is 12.1 Å². The molecule has 3 rings (SSSR count). The number of H-pyrrole nitrogens is 1. The van der Waals surface area contributed by atoms with Gasteiger partial charge in [-0.1, -0.05) is 22.0 Å². The van der Waals surface area contributed by atoms with Crippen LogP contribution < -0.4 is 11.1 Å². The number of aromatic amines is 1. The molecule has 0 bridgehead atoms. The van der Waals surface area contributed by atoms with Gasteiger partial charge in [0.1, 0.15) is 5.82 Å². The Bertz CT molecular complexity index is 856. The third kappa shape index (κ3) is 2.85. The number of benzene rings is 2. The molecule has 3 aromatic rings. The second kappa shape index (κ2) is 5.37. The molecule has 1 atom stereocenters. The molecule has 2 N–H and O–H groups in total. The van der Waals surface area contributed by atoms with E-state index in [9.17, 15) is 9.18 Å². The summed E-state index contributed by atoms with van der Waals surface area (Å²) in [5, 5.41) is 3.30. The van der Waals surface area contributed by atoms with Crippen molar-refractivity contribution in [3.05, 3.63) is 62.8 Å². The number of oxazole rings is 1. The molecule has 4 nitrogen and oxygen atoms in total. The zero-order valence-electron chi connectivity index (χ0n) is 11.1. The highest BCUT2D eigenvalue weighted by Crippen LogP contribution is 2.27. The molecular weight excluding hydrogens is 339 g/mol. The van der Waals surface area contributed by atoms with Crippen LogP contribution in [0.15, 0.2) is 50.1 Å². The van der Waals surface area contributed by atoms with Crippen molar-refractivity contribution in [3.8, 4) is 0 Å². The Balaban J connectivity index is 1.88. The molecule has 6 heteroatoms. The number of hydrogen-bond acceptors (Lipinski definition) is 3. The highest BCUT2D eigenvalue weighted by atomic mass is 79.9. The van der Waals surface area contributed by atoms with Crippen LogP contribution in [0.25, 0.3) is 11.1 Å². The highest BCUT2D eigenvalue weighted by molar-refractivity contribution is 9.10. The molecule has 0 saturated heterocycles. The van der Waals surface area contributed by atoms with E-state index in [0.29, 0.717) is 15.6 Å². The van der Waals surface area contributed by atoms with Gasteiger partial charge >= 0.3 is 5.76 Å². The van der Waals surface area contributed by atoms with Crippen LogP contribution in [0.3, 0.4) is 0 Å². The predicted molar refractivity (Wildman–Crippen MR) is 83.0 cm³/mol. The van der Waals surface area contributed by atoms with Crippen LogP contribution in [-0.2, 0) is 0 Å². The molecule has 0 aliphatic carbocycles. The van der Waals surface area contributed by atoms with Crippen LogP contribution in [0.2, 0.25) is 0 Å². The van der Waals surface area contributed by atoms with Crippen molar-refractivity contribution in [3.63, 3.8) is 0 Å². The summed E-state index contributed by atoms with van der Waals surface area (Å²) in [4.78, 5) is 13.7. The number of hydrogen-bond donors (Lipinski definition) is 2. The molecule has 0 spiro atoms. The van der Waals surface area contributed by atoms with Gasteiger partial charge in [0, 0.05) is 16.2 Å². The van der Waals surface area contributed by atoms with Gasteiger partial charge in [-0.05, 0) is 42.8 Å². The lowest BCUT2D eigenvalue weighted by molar-refractivity contribution is 0.555. The van der Waals surface area contributed by atoms with Crippen LogP contribution in [-0.4, -0.2) is 4.98 Å². The summed E-state index contributed by atoms with van der Waals surface area (Å²) in [5.41, 5.74) is 2.93. The fourth-order valence-corrected chi connectivity index (χ4v) is 2.92. The fraction of sp³-hybridized carbons (Fsp3) is 0.133. The first-order valence-corrected chi connectivity index (χ1v) is 7.16. The van der Waals surface area contributed by atoms with Gasteiger partial charge in [0.25, 0.3) is 0 Å².